The molecular formula is C20H15N3O2. The van der Waals surface area contributed by atoms with E-state index in [1.165, 1.54) is 0 Å². The average Bonchev–Trinajstić information content (AvgIpc) is 3.07. The van der Waals surface area contributed by atoms with Crippen molar-refractivity contribution in [3.05, 3.63) is 72.6 Å². The highest BCUT2D eigenvalue weighted by Crippen LogP contribution is 2.30. The molecule has 4 aromatic rings. The quantitative estimate of drug-likeness (QED) is 0.533. The van der Waals surface area contributed by atoms with Crippen molar-refractivity contribution < 1.29 is 9.53 Å². The summed E-state index contributed by atoms with van der Waals surface area (Å²) in [5.41, 5.74) is 4.21. The van der Waals surface area contributed by atoms with Crippen molar-refractivity contribution in [1.82, 2.24) is 14.5 Å². The molecule has 25 heavy (non-hydrogen) atoms. The Kier molecular flexibility index (Phi) is 3.74. The van der Waals surface area contributed by atoms with Gasteiger partial charge in [0.1, 0.15) is 17.9 Å². The summed E-state index contributed by atoms with van der Waals surface area (Å²) >= 11 is 0. The summed E-state index contributed by atoms with van der Waals surface area (Å²) in [4.78, 5) is 20.0. The van der Waals surface area contributed by atoms with Crippen molar-refractivity contribution in [2.45, 2.75) is 0 Å². The topological polar surface area (TPSA) is 57.0 Å². The standard InChI is InChI=1S/C20H15N3O2/c1-25-17-5-6-19-18(12-17)22-20(15-7-9-21-10-8-15)23(19)16-4-2-3-14(11-16)13-24/h2-13H,1H3. The van der Waals surface area contributed by atoms with Gasteiger partial charge in [-0.2, -0.15) is 0 Å². The molecule has 2 aromatic heterocycles. The summed E-state index contributed by atoms with van der Waals surface area (Å²) < 4.78 is 7.35. The largest absolute Gasteiger partial charge is 0.497 e. The zero-order chi connectivity index (χ0) is 17.2. The minimum atomic E-state index is 0.619. The minimum Gasteiger partial charge on any atom is -0.497 e. The summed E-state index contributed by atoms with van der Waals surface area (Å²) in [5, 5.41) is 0. The molecule has 5 nitrogen and oxygen atoms in total. The Morgan fingerprint density at radius 1 is 1.04 bits per heavy atom. The first-order valence-electron chi connectivity index (χ1n) is 7.82. The number of carbonyl (C=O) groups excluding carboxylic acids is 1. The first kappa shape index (κ1) is 15.1. The van der Waals surface area contributed by atoms with Crippen LogP contribution in [-0.2, 0) is 0 Å². The van der Waals surface area contributed by atoms with E-state index in [4.69, 9.17) is 9.72 Å². The van der Waals surface area contributed by atoms with Crippen LogP contribution in [0.25, 0.3) is 28.1 Å². The Morgan fingerprint density at radius 3 is 2.64 bits per heavy atom. The van der Waals surface area contributed by atoms with Gasteiger partial charge in [-0.1, -0.05) is 12.1 Å². The Balaban J connectivity index is 2.04. The molecule has 0 aliphatic heterocycles. The van der Waals surface area contributed by atoms with E-state index in [0.717, 1.165) is 40.1 Å². The van der Waals surface area contributed by atoms with Gasteiger partial charge in [0.2, 0.25) is 0 Å². The summed E-state index contributed by atoms with van der Waals surface area (Å²) in [7, 11) is 1.63. The van der Waals surface area contributed by atoms with Crippen LogP contribution in [0.5, 0.6) is 5.75 Å². The number of carbonyl (C=O) groups is 1. The van der Waals surface area contributed by atoms with Crippen LogP contribution in [0.4, 0.5) is 0 Å². The Hall–Kier alpha value is -3.47. The fraction of sp³-hybridized carbons (Fsp3) is 0.0500. The number of nitrogens with zero attached hydrogens (tertiary/aromatic N) is 3. The zero-order valence-electron chi connectivity index (χ0n) is 13.6. The summed E-state index contributed by atoms with van der Waals surface area (Å²) in [6.07, 6.45) is 4.32. The molecule has 0 N–H and O–H groups in total. The van der Waals surface area contributed by atoms with Crippen molar-refractivity contribution in [3.63, 3.8) is 0 Å². The number of methoxy groups -OCH3 is 1. The third-order valence-electron chi connectivity index (χ3n) is 4.06. The van der Waals surface area contributed by atoms with Crippen LogP contribution < -0.4 is 4.74 Å². The lowest BCUT2D eigenvalue weighted by molar-refractivity contribution is 0.112. The highest BCUT2D eigenvalue weighted by Gasteiger charge is 2.15. The maximum atomic E-state index is 11.2. The Labute approximate surface area is 144 Å². The normalized spacial score (nSPS) is 10.8. The van der Waals surface area contributed by atoms with Crippen molar-refractivity contribution >= 4 is 17.3 Å². The van der Waals surface area contributed by atoms with Crippen LogP contribution in [0.15, 0.2) is 67.0 Å². The third kappa shape index (κ3) is 2.65. The Morgan fingerprint density at radius 2 is 1.88 bits per heavy atom. The molecule has 122 valence electrons. The Bertz CT molecular complexity index is 1060. The molecule has 0 saturated carbocycles. The summed E-state index contributed by atoms with van der Waals surface area (Å²) in [5.74, 6) is 1.54. The number of fused-ring (bicyclic) bond motifs is 1. The van der Waals surface area contributed by atoms with E-state index in [-0.39, 0.29) is 0 Å². The number of imidazole rings is 1. The lowest BCUT2D eigenvalue weighted by atomic mass is 10.2. The predicted molar refractivity (Wildman–Crippen MR) is 96.2 cm³/mol. The van der Waals surface area contributed by atoms with Crippen molar-refractivity contribution in [2.75, 3.05) is 7.11 Å². The number of rotatable bonds is 4. The molecule has 0 radical (unpaired) electrons. The van der Waals surface area contributed by atoms with Gasteiger partial charge in [0.15, 0.2) is 0 Å². The van der Waals surface area contributed by atoms with Crippen LogP contribution in [0.2, 0.25) is 0 Å². The summed E-state index contributed by atoms with van der Waals surface area (Å²) in [6, 6.07) is 17.1. The molecule has 2 aromatic carbocycles. The van der Waals surface area contributed by atoms with Gasteiger partial charge in [0.05, 0.1) is 18.1 Å². The monoisotopic (exact) mass is 329 g/mol. The van der Waals surface area contributed by atoms with Crippen molar-refractivity contribution in [1.29, 1.82) is 0 Å². The molecule has 5 heteroatoms. The lowest BCUT2D eigenvalue weighted by Gasteiger charge is -2.10. The van der Waals surface area contributed by atoms with Crippen molar-refractivity contribution in [3.8, 4) is 22.8 Å². The number of aromatic nitrogens is 3. The van der Waals surface area contributed by atoms with Gasteiger partial charge < -0.3 is 4.74 Å². The van der Waals surface area contributed by atoms with Crippen LogP contribution in [0.3, 0.4) is 0 Å². The molecule has 0 unspecified atom stereocenters. The van der Waals surface area contributed by atoms with Crippen LogP contribution in [-0.4, -0.2) is 27.9 Å². The smallest absolute Gasteiger partial charge is 0.150 e. The zero-order valence-corrected chi connectivity index (χ0v) is 13.6. The molecule has 0 atom stereocenters. The molecule has 0 fully saturated rings. The van der Waals surface area contributed by atoms with Gasteiger partial charge in [0.25, 0.3) is 0 Å². The van der Waals surface area contributed by atoms with Gasteiger partial charge in [-0.15, -0.1) is 0 Å². The van der Waals surface area contributed by atoms with Crippen LogP contribution in [0, 0.1) is 0 Å². The molecule has 0 spiro atoms. The molecule has 0 bridgehead atoms. The highest BCUT2D eigenvalue weighted by atomic mass is 16.5. The number of aldehydes is 1. The number of ether oxygens (including phenoxy) is 1. The van der Waals surface area contributed by atoms with E-state index in [2.05, 4.69) is 4.98 Å². The molecule has 0 amide bonds. The summed E-state index contributed by atoms with van der Waals surface area (Å²) in [6.45, 7) is 0. The van der Waals surface area contributed by atoms with Gasteiger partial charge in [-0.05, 0) is 36.4 Å². The average molecular weight is 329 g/mol. The minimum absolute atomic E-state index is 0.619. The lowest BCUT2D eigenvalue weighted by Crippen LogP contribution is -1.98. The first-order chi connectivity index (χ1) is 12.3. The number of hydrogen-bond donors (Lipinski definition) is 0. The van der Waals surface area contributed by atoms with E-state index in [9.17, 15) is 4.79 Å². The molecule has 4 rings (SSSR count). The molecule has 0 aliphatic carbocycles. The third-order valence-corrected chi connectivity index (χ3v) is 4.06. The number of benzene rings is 2. The molecule has 2 heterocycles. The maximum absolute atomic E-state index is 11.2. The highest BCUT2D eigenvalue weighted by molar-refractivity contribution is 5.85. The van der Waals surface area contributed by atoms with E-state index < -0.39 is 0 Å². The molecule has 0 aliphatic rings. The van der Waals surface area contributed by atoms with Crippen molar-refractivity contribution in [2.24, 2.45) is 0 Å². The second-order valence-electron chi connectivity index (χ2n) is 5.57. The second-order valence-corrected chi connectivity index (χ2v) is 5.57. The maximum Gasteiger partial charge on any atom is 0.150 e. The van der Waals surface area contributed by atoms with Crippen LogP contribution >= 0.6 is 0 Å². The number of pyridine rings is 1. The van der Waals surface area contributed by atoms with Gasteiger partial charge >= 0.3 is 0 Å². The van der Waals surface area contributed by atoms with E-state index in [0.29, 0.717) is 5.56 Å². The van der Waals surface area contributed by atoms with Gasteiger partial charge in [-0.3, -0.25) is 14.3 Å². The van der Waals surface area contributed by atoms with E-state index in [1.807, 2.05) is 53.1 Å². The van der Waals surface area contributed by atoms with E-state index in [1.54, 1.807) is 25.6 Å². The molecular weight excluding hydrogens is 314 g/mol. The SMILES string of the molecule is COc1ccc2c(c1)nc(-c1ccncc1)n2-c1cccc(C=O)c1. The van der Waals surface area contributed by atoms with Crippen LogP contribution in [0.1, 0.15) is 10.4 Å². The fourth-order valence-corrected chi connectivity index (χ4v) is 2.88. The first-order valence-corrected chi connectivity index (χ1v) is 7.82. The van der Waals surface area contributed by atoms with Gasteiger partial charge in [0, 0.05) is 35.3 Å². The van der Waals surface area contributed by atoms with Gasteiger partial charge in [-0.25, -0.2) is 4.98 Å². The number of hydrogen-bond acceptors (Lipinski definition) is 4. The second kappa shape index (κ2) is 6.20. The van der Waals surface area contributed by atoms with E-state index >= 15 is 0 Å². The predicted octanol–water partition coefficient (Wildman–Crippen LogP) is 3.91. The molecule has 0 saturated heterocycles. The fourth-order valence-electron chi connectivity index (χ4n) is 2.88.